The van der Waals surface area contributed by atoms with Gasteiger partial charge in [-0.3, -0.25) is 4.79 Å². The minimum atomic E-state index is -0.585. The van der Waals surface area contributed by atoms with E-state index in [0.717, 1.165) is 18.4 Å². The Morgan fingerprint density at radius 1 is 1.16 bits per heavy atom. The van der Waals surface area contributed by atoms with Gasteiger partial charge in [-0.2, -0.15) is 0 Å². The van der Waals surface area contributed by atoms with Crippen LogP contribution in [0.2, 0.25) is 0 Å². The normalized spacial score (nSPS) is 16.2. The summed E-state index contributed by atoms with van der Waals surface area (Å²) in [6.07, 6.45) is 1.45. The van der Waals surface area contributed by atoms with Crippen molar-refractivity contribution in [3.63, 3.8) is 0 Å². The molecule has 0 unspecified atom stereocenters. The fourth-order valence-corrected chi connectivity index (χ4v) is 2.38. The van der Waals surface area contributed by atoms with Crippen molar-refractivity contribution in [1.82, 2.24) is 4.90 Å². The van der Waals surface area contributed by atoms with Crippen LogP contribution in [0.5, 0.6) is 0 Å². The van der Waals surface area contributed by atoms with Crippen molar-refractivity contribution < 1.29 is 19.4 Å². The van der Waals surface area contributed by atoms with Gasteiger partial charge in [-0.1, -0.05) is 12.1 Å². The van der Waals surface area contributed by atoms with Crippen molar-refractivity contribution in [2.75, 3.05) is 26.3 Å². The number of hydrogen-bond donors (Lipinski definition) is 2. The summed E-state index contributed by atoms with van der Waals surface area (Å²) in [6.45, 7) is 0.154. The van der Waals surface area contributed by atoms with Gasteiger partial charge < -0.3 is 15.1 Å². The van der Waals surface area contributed by atoms with E-state index in [4.69, 9.17) is 10.2 Å². The highest BCUT2D eigenvalue weighted by Gasteiger charge is 2.52. The van der Waals surface area contributed by atoms with Crippen molar-refractivity contribution >= 4 is 5.91 Å². The van der Waals surface area contributed by atoms with Gasteiger partial charge in [0.25, 0.3) is 0 Å². The van der Waals surface area contributed by atoms with Crippen LogP contribution >= 0.6 is 0 Å². The van der Waals surface area contributed by atoms with E-state index in [1.54, 1.807) is 12.1 Å². The summed E-state index contributed by atoms with van der Waals surface area (Å²) in [7, 11) is 0. The third-order valence-electron chi connectivity index (χ3n) is 3.58. The highest BCUT2D eigenvalue weighted by molar-refractivity contribution is 5.91. The number of aliphatic hydroxyl groups excluding tert-OH is 2. The van der Waals surface area contributed by atoms with Gasteiger partial charge in [0.05, 0.1) is 18.6 Å². The van der Waals surface area contributed by atoms with Crippen LogP contribution in [0.1, 0.15) is 18.4 Å². The molecule has 0 bridgehead atoms. The molecule has 2 rings (SSSR count). The average Bonchev–Trinajstić information content (AvgIpc) is 3.20. The number of hydrogen-bond acceptors (Lipinski definition) is 3. The Hall–Kier alpha value is -1.46. The van der Waals surface area contributed by atoms with Crippen molar-refractivity contribution in [3.05, 3.63) is 35.6 Å². The van der Waals surface area contributed by atoms with Gasteiger partial charge in [-0.15, -0.1) is 0 Å². The Morgan fingerprint density at radius 2 is 1.68 bits per heavy atom. The minimum absolute atomic E-state index is 0.0952. The molecule has 1 aliphatic carbocycles. The van der Waals surface area contributed by atoms with Gasteiger partial charge in [-0.25, -0.2) is 4.39 Å². The van der Waals surface area contributed by atoms with Crippen molar-refractivity contribution in [1.29, 1.82) is 0 Å². The molecule has 1 aromatic carbocycles. The fourth-order valence-electron chi connectivity index (χ4n) is 2.38. The standard InChI is InChI=1S/C14H18FNO3/c15-12-3-1-11(2-4-12)14(5-6-14)13(19)16(7-9-17)8-10-18/h1-4,17-18H,5-10H2. The van der Waals surface area contributed by atoms with Crippen LogP contribution < -0.4 is 0 Å². The lowest BCUT2D eigenvalue weighted by molar-refractivity contribution is -0.135. The molecule has 19 heavy (non-hydrogen) atoms. The van der Waals surface area contributed by atoms with Gasteiger partial charge in [0.1, 0.15) is 5.82 Å². The molecule has 2 N–H and O–H groups in total. The number of amides is 1. The summed E-state index contributed by atoms with van der Waals surface area (Å²) >= 11 is 0. The Labute approximate surface area is 111 Å². The number of rotatable bonds is 6. The van der Waals surface area contributed by atoms with Crippen molar-refractivity contribution in [3.8, 4) is 0 Å². The van der Waals surface area contributed by atoms with E-state index < -0.39 is 5.41 Å². The maximum atomic E-state index is 12.9. The van der Waals surface area contributed by atoms with Crippen LogP contribution in [0.25, 0.3) is 0 Å². The number of carbonyl (C=O) groups excluding carboxylic acids is 1. The molecule has 1 fully saturated rings. The van der Waals surface area contributed by atoms with E-state index in [2.05, 4.69) is 0 Å². The van der Waals surface area contributed by atoms with E-state index in [1.807, 2.05) is 0 Å². The van der Waals surface area contributed by atoms with E-state index in [9.17, 15) is 9.18 Å². The smallest absolute Gasteiger partial charge is 0.233 e. The van der Waals surface area contributed by atoms with Crippen LogP contribution in [-0.2, 0) is 10.2 Å². The summed E-state index contributed by atoms with van der Waals surface area (Å²) in [5, 5.41) is 18.0. The first kappa shape index (κ1) is 14.0. The molecule has 1 saturated carbocycles. The molecule has 0 spiro atoms. The second-order valence-electron chi connectivity index (χ2n) is 4.83. The first-order valence-corrected chi connectivity index (χ1v) is 6.41. The van der Waals surface area contributed by atoms with Crippen LogP contribution in [0.4, 0.5) is 4.39 Å². The molecular weight excluding hydrogens is 249 g/mol. The maximum absolute atomic E-state index is 12.9. The van der Waals surface area contributed by atoms with Crippen LogP contribution in [-0.4, -0.2) is 47.3 Å². The van der Waals surface area contributed by atoms with Crippen molar-refractivity contribution in [2.45, 2.75) is 18.3 Å². The van der Waals surface area contributed by atoms with Gasteiger partial charge >= 0.3 is 0 Å². The van der Waals surface area contributed by atoms with E-state index >= 15 is 0 Å². The Morgan fingerprint density at radius 3 is 2.11 bits per heavy atom. The number of halogens is 1. The molecule has 1 amide bonds. The molecule has 0 radical (unpaired) electrons. The van der Waals surface area contributed by atoms with Crippen LogP contribution in [0, 0.1) is 5.82 Å². The predicted octanol–water partition coefficient (Wildman–Crippen LogP) is 0.670. The lowest BCUT2D eigenvalue weighted by atomic mass is 9.94. The third-order valence-corrected chi connectivity index (χ3v) is 3.58. The van der Waals surface area contributed by atoms with Crippen LogP contribution in [0.15, 0.2) is 24.3 Å². The second kappa shape index (κ2) is 5.67. The zero-order valence-corrected chi connectivity index (χ0v) is 10.7. The summed E-state index contributed by atoms with van der Waals surface area (Å²) in [5.41, 5.74) is 0.220. The Balaban J connectivity index is 2.19. The fraction of sp³-hybridized carbons (Fsp3) is 0.500. The molecule has 0 saturated heterocycles. The van der Waals surface area contributed by atoms with Gasteiger partial charge in [-0.05, 0) is 30.5 Å². The van der Waals surface area contributed by atoms with Gasteiger partial charge in [0.15, 0.2) is 0 Å². The van der Waals surface area contributed by atoms with Gasteiger partial charge in [0.2, 0.25) is 5.91 Å². The van der Waals surface area contributed by atoms with E-state index in [-0.39, 0.29) is 38.0 Å². The topological polar surface area (TPSA) is 60.8 Å². The monoisotopic (exact) mass is 267 g/mol. The summed E-state index contributed by atoms with van der Waals surface area (Å²) in [5.74, 6) is -0.420. The Kier molecular flexibility index (Phi) is 4.17. The third kappa shape index (κ3) is 2.77. The minimum Gasteiger partial charge on any atom is -0.395 e. The van der Waals surface area contributed by atoms with Gasteiger partial charge in [0, 0.05) is 13.1 Å². The maximum Gasteiger partial charge on any atom is 0.233 e. The zero-order valence-electron chi connectivity index (χ0n) is 10.7. The molecule has 0 heterocycles. The quantitative estimate of drug-likeness (QED) is 0.796. The number of carbonyl (C=O) groups is 1. The molecular formula is C14H18FNO3. The highest BCUT2D eigenvalue weighted by atomic mass is 19.1. The first-order chi connectivity index (χ1) is 9.14. The average molecular weight is 267 g/mol. The lowest BCUT2D eigenvalue weighted by Gasteiger charge is -2.26. The first-order valence-electron chi connectivity index (χ1n) is 6.41. The van der Waals surface area contributed by atoms with E-state index in [1.165, 1.54) is 17.0 Å². The second-order valence-corrected chi connectivity index (χ2v) is 4.83. The predicted molar refractivity (Wildman–Crippen MR) is 68.1 cm³/mol. The highest BCUT2D eigenvalue weighted by Crippen LogP contribution is 2.49. The molecule has 4 nitrogen and oxygen atoms in total. The molecule has 1 aromatic rings. The number of benzene rings is 1. The SMILES string of the molecule is O=C(N(CCO)CCO)C1(c2ccc(F)cc2)CC1. The number of nitrogens with zero attached hydrogens (tertiary/aromatic N) is 1. The molecule has 0 atom stereocenters. The van der Waals surface area contributed by atoms with Crippen molar-refractivity contribution in [2.24, 2.45) is 0 Å². The van der Waals surface area contributed by atoms with E-state index in [0.29, 0.717) is 0 Å². The largest absolute Gasteiger partial charge is 0.395 e. The molecule has 0 aliphatic heterocycles. The summed E-state index contributed by atoms with van der Waals surface area (Å²) in [6, 6.07) is 5.98. The number of aliphatic hydroxyl groups is 2. The molecule has 0 aromatic heterocycles. The lowest BCUT2D eigenvalue weighted by Crippen LogP contribution is -2.42. The Bertz CT molecular complexity index is 437. The summed E-state index contributed by atoms with van der Waals surface area (Å²) < 4.78 is 12.9. The van der Waals surface area contributed by atoms with Crippen LogP contribution in [0.3, 0.4) is 0 Å². The summed E-state index contributed by atoms with van der Waals surface area (Å²) in [4.78, 5) is 14.0. The zero-order chi connectivity index (χ0) is 13.9. The molecule has 104 valence electrons. The molecule has 1 aliphatic rings. The molecule has 5 heteroatoms.